The van der Waals surface area contributed by atoms with E-state index < -0.39 is 0 Å². The number of hydrogen-bond acceptors (Lipinski definition) is 3. The van der Waals surface area contributed by atoms with Crippen molar-refractivity contribution in [2.75, 3.05) is 33.7 Å². The molecule has 5 nitrogen and oxygen atoms in total. The van der Waals surface area contributed by atoms with Gasteiger partial charge in [0.05, 0.1) is 6.54 Å². The second-order valence-electron chi connectivity index (χ2n) is 3.71. The summed E-state index contributed by atoms with van der Waals surface area (Å²) in [5.74, 6) is -0.111. The summed E-state index contributed by atoms with van der Waals surface area (Å²) in [5.41, 5.74) is 0. The molecule has 0 aromatic carbocycles. The van der Waals surface area contributed by atoms with E-state index in [1.54, 1.807) is 0 Å². The topological polar surface area (TPSA) is 52.6 Å². The first-order chi connectivity index (χ1) is 6.61. The lowest BCUT2D eigenvalue weighted by molar-refractivity contribution is -0.125. The molecule has 1 rings (SSSR count). The van der Waals surface area contributed by atoms with Crippen molar-refractivity contribution in [1.29, 1.82) is 0 Å². The van der Waals surface area contributed by atoms with E-state index in [0.29, 0.717) is 6.54 Å². The maximum absolute atomic E-state index is 11.1. The van der Waals surface area contributed by atoms with Crippen LogP contribution in [0.4, 0.5) is 4.79 Å². The molecule has 0 unspecified atom stereocenters. The fraction of sp³-hybridized carbons (Fsp3) is 0.778. The van der Waals surface area contributed by atoms with E-state index in [9.17, 15) is 9.59 Å². The van der Waals surface area contributed by atoms with Crippen molar-refractivity contribution in [3.63, 3.8) is 0 Å². The zero-order valence-corrected chi connectivity index (χ0v) is 8.75. The standard InChI is InChI=1S/C9H17N3O2/c1-11(2)5-3-4-6-12-8(13)7-10-9(12)14/h3-7H2,1-2H3,(H,10,14). The van der Waals surface area contributed by atoms with Gasteiger partial charge < -0.3 is 10.2 Å². The molecule has 1 heterocycles. The first-order valence-electron chi connectivity index (χ1n) is 4.84. The Morgan fingerprint density at radius 1 is 1.36 bits per heavy atom. The van der Waals surface area contributed by atoms with Crippen LogP contribution in [0.15, 0.2) is 0 Å². The summed E-state index contributed by atoms with van der Waals surface area (Å²) in [5, 5.41) is 2.50. The van der Waals surface area contributed by atoms with Gasteiger partial charge in [0.2, 0.25) is 5.91 Å². The fourth-order valence-corrected chi connectivity index (χ4v) is 1.38. The Hall–Kier alpha value is -1.10. The van der Waals surface area contributed by atoms with E-state index in [1.807, 2.05) is 14.1 Å². The minimum atomic E-state index is -0.250. The van der Waals surface area contributed by atoms with Gasteiger partial charge >= 0.3 is 6.03 Å². The number of nitrogens with one attached hydrogen (secondary N) is 1. The number of amides is 3. The molecule has 0 aliphatic carbocycles. The zero-order valence-electron chi connectivity index (χ0n) is 8.75. The Balaban J connectivity index is 2.17. The lowest BCUT2D eigenvalue weighted by atomic mass is 10.3. The molecule has 1 aliphatic heterocycles. The molecule has 0 aromatic rings. The van der Waals surface area contributed by atoms with Crippen LogP contribution in [0, 0.1) is 0 Å². The van der Waals surface area contributed by atoms with Crippen molar-refractivity contribution in [1.82, 2.24) is 15.1 Å². The zero-order chi connectivity index (χ0) is 10.6. The molecule has 3 amide bonds. The second-order valence-corrected chi connectivity index (χ2v) is 3.71. The van der Waals surface area contributed by atoms with Gasteiger partial charge in [0.25, 0.3) is 0 Å². The smallest absolute Gasteiger partial charge is 0.324 e. The first kappa shape index (κ1) is 11.0. The molecule has 0 radical (unpaired) electrons. The Kier molecular flexibility index (Phi) is 3.88. The van der Waals surface area contributed by atoms with Gasteiger partial charge in [-0.2, -0.15) is 0 Å². The van der Waals surface area contributed by atoms with Gasteiger partial charge in [0.15, 0.2) is 0 Å². The third kappa shape index (κ3) is 2.99. The van der Waals surface area contributed by atoms with Gasteiger partial charge in [0.1, 0.15) is 0 Å². The highest BCUT2D eigenvalue weighted by Gasteiger charge is 2.27. The minimum Gasteiger partial charge on any atom is -0.329 e. The Morgan fingerprint density at radius 2 is 2.07 bits per heavy atom. The van der Waals surface area contributed by atoms with E-state index in [-0.39, 0.29) is 18.5 Å². The van der Waals surface area contributed by atoms with Gasteiger partial charge in [-0.3, -0.25) is 9.69 Å². The number of nitrogens with zero attached hydrogens (tertiary/aromatic N) is 2. The van der Waals surface area contributed by atoms with Crippen molar-refractivity contribution in [3.05, 3.63) is 0 Å². The highest BCUT2D eigenvalue weighted by molar-refractivity contribution is 6.01. The number of carbonyl (C=O) groups excluding carboxylic acids is 2. The fourth-order valence-electron chi connectivity index (χ4n) is 1.38. The summed E-state index contributed by atoms with van der Waals surface area (Å²) in [6.45, 7) is 1.69. The van der Waals surface area contributed by atoms with Crippen LogP contribution in [0.1, 0.15) is 12.8 Å². The van der Waals surface area contributed by atoms with E-state index in [2.05, 4.69) is 10.2 Å². The van der Waals surface area contributed by atoms with Crippen molar-refractivity contribution < 1.29 is 9.59 Å². The molecule has 0 aromatic heterocycles. The van der Waals surface area contributed by atoms with Crippen LogP contribution < -0.4 is 5.32 Å². The third-order valence-electron chi connectivity index (χ3n) is 2.17. The normalized spacial score (nSPS) is 16.6. The molecule has 14 heavy (non-hydrogen) atoms. The molecule has 0 saturated carbocycles. The number of urea groups is 1. The van der Waals surface area contributed by atoms with Crippen molar-refractivity contribution >= 4 is 11.9 Å². The van der Waals surface area contributed by atoms with Crippen LogP contribution >= 0.6 is 0 Å². The molecule has 1 aliphatic rings. The van der Waals surface area contributed by atoms with Crippen LogP contribution in [0.25, 0.3) is 0 Å². The number of rotatable bonds is 5. The molecule has 0 bridgehead atoms. The summed E-state index contributed by atoms with van der Waals surface area (Å²) in [7, 11) is 4.02. The average molecular weight is 199 g/mol. The summed E-state index contributed by atoms with van der Waals surface area (Å²) < 4.78 is 0. The predicted molar refractivity (Wildman–Crippen MR) is 52.9 cm³/mol. The maximum atomic E-state index is 11.1. The Morgan fingerprint density at radius 3 is 2.57 bits per heavy atom. The number of hydrogen-bond donors (Lipinski definition) is 1. The second kappa shape index (κ2) is 4.95. The molecule has 5 heteroatoms. The summed E-state index contributed by atoms with van der Waals surface area (Å²) in [6, 6.07) is -0.250. The molecule has 1 saturated heterocycles. The number of carbonyl (C=O) groups is 2. The monoisotopic (exact) mass is 199 g/mol. The largest absolute Gasteiger partial charge is 0.329 e. The highest BCUT2D eigenvalue weighted by Crippen LogP contribution is 2.02. The van der Waals surface area contributed by atoms with Gasteiger partial charge in [0, 0.05) is 6.54 Å². The predicted octanol–water partition coefficient (Wildman–Crippen LogP) is -0.120. The highest BCUT2D eigenvalue weighted by atomic mass is 16.2. The van der Waals surface area contributed by atoms with Crippen LogP contribution in [-0.2, 0) is 4.79 Å². The number of imide groups is 1. The lowest BCUT2D eigenvalue weighted by Gasteiger charge is -2.13. The van der Waals surface area contributed by atoms with E-state index in [4.69, 9.17) is 0 Å². The molecular formula is C9H17N3O2. The quantitative estimate of drug-likeness (QED) is 0.496. The third-order valence-corrected chi connectivity index (χ3v) is 2.17. The van der Waals surface area contributed by atoms with Crippen LogP contribution in [0.2, 0.25) is 0 Å². The van der Waals surface area contributed by atoms with E-state index in [1.165, 1.54) is 4.90 Å². The van der Waals surface area contributed by atoms with Crippen LogP contribution in [0.5, 0.6) is 0 Å². The van der Waals surface area contributed by atoms with Crippen molar-refractivity contribution in [3.8, 4) is 0 Å². The summed E-state index contributed by atoms with van der Waals surface area (Å²) >= 11 is 0. The van der Waals surface area contributed by atoms with Gasteiger partial charge in [-0.25, -0.2) is 4.79 Å². The summed E-state index contributed by atoms with van der Waals surface area (Å²) in [6.07, 6.45) is 1.88. The minimum absolute atomic E-state index is 0.111. The van der Waals surface area contributed by atoms with Crippen LogP contribution in [-0.4, -0.2) is 55.5 Å². The van der Waals surface area contributed by atoms with E-state index in [0.717, 1.165) is 19.4 Å². The van der Waals surface area contributed by atoms with Gasteiger partial charge in [-0.05, 0) is 33.5 Å². The number of unbranched alkanes of at least 4 members (excludes halogenated alkanes) is 1. The average Bonchev–Trinajstić information content (AvgIpc) is 2.42. The molecule has 0 spiro atoms. The van der Waals surface area contributed by atoms with Gasteiger partial charge in [-0.1, -0.05) is 0 Å². The first-order valence-corrected chi connectivity index (χ1v) is 4.84. The lowest BCUT2D eigenvalue weighted by Crippen LogP contribution is -2.32. The molecule has 0 atom stereocenters. The van der Waals surface area contributed by atoms with Gasteiger partial charge in [-0.15, -0.1) is 0 Å². The summed E-state index contributed by atoms with van der Waals surface area (Å²) in [4.78, 5) is 25.6. The molecular weight excluding hydrogens is 182 g/mol. The molecule has 1 fully saturated rings. The van der Waals surface area contributed by atoms with E-state index >= 15 is 0 Å². The van der Waals surface area contributed by atoms with Crippen LogP contribution in [0.3, 0.4) is 0 Å². The van der Waals surface area contributed by atoms with Crippen molar-refractivity contribution in [2.24, 2.45) is 0 Å². The SMILES string of the molecule is CN(C)CCCCN1C(=O)CNC1=O. The van der Waals surface area contributed by atoms with Crippen molar-refractivity contribution in [2.45, 2.75) is 12.8 Å². The molecule has 1 N–H and O–H groups in total. The molecule has 80 valence electrons. The Bertz CT molecular complexity index is 212. The maximum Gasteiger partial charge on any atom is 0.324 e. The Labute approximate surface area is 84.0 Å².